The van der Waals surface area contributed by atoms with E-state index in [9.17, 15) is 0 Å². The quantitative estimate of drug-likeness (QED) is 0.259. The SMILES string of the molecule is O=S(=O)(O)O.O=S(=O)(O)O.[Co].[H-].[K+]. The largest absolute Gasteiger partial charge is 1.00 e. The van der Waals surface area contributed by atoms with Gasteiger partial charge in [-0.25, -0.2) is 0 Å². The summed E-state index contributed by atoms with van der Waals surface area (Å²) in [6.07, 6.45) is 0. The van der Waals surface area contributed by atoms with Gasteiger partial charge in [0, 0.05) is 16.8 Å². The standard InChI is InChI=1S/Co.K.2H2O4S.H/c;;2*1-5(2,3)4;/h;;2*(H2,1,2,3,4);/q;+1;;;-1. The second kappa shape index (κ2) is 9.44. The summed E-state index contributed by atoms with van der Waals surface area (Å²) in [4.78, 5) is 0. The van der Waals surface area contributed by atoms with Crippen LogP contribution in [0.4, 0.5) is 0 Å². The van der Waals surface area contributed by atoms with E-state index in [0.29, 0.717) is 0 Å². The predicted molar refractivity (Wildman–Crippen MR) is 29.5 cm³/mol. The molecule has 0 aromatic heterocycles. The predicted octanol–water partition coefficient (Wildman–Crippen LogP) is -4.19. The fourth-order valence-electron chi connectivity index (χ4n) is 0. The molecule has 0 amide bonds. The summed E-state index contributed by atoms with van der Waals surface area (Å²) in [6, 6.07) is 0. The first kappa shape index (κ1) is 23.6. The first-order valence-corrected chi connectivity index (χ1v) is 4.19. The van der Waals surface area contributed by atoms with E-state index in [4.69, 9.17) is 35.0 Å². The molecule has 0 rings (SSSR count). The molecule has 12 heteroatoms. The minimum atomic E-state index is -4.67. The minimum Gasteiger partial charge on any atom is -1.00 e. The Balaban J connectivity index is -0.0000000267. The van der Waals surface area contributed by atoms with Crippen molar-refractivity contribution in [1.29, 1.82) is 0 Å². The number of rotatable bonds is 0. The monoisotopic (exact) mass is 295 g/mol. The molecule has 0 fully saturated rings. The molecule has 0 saturated heterocycles. The molecule has 0 saturated carbocycles. The average Bonchev–Trinajstić information content (AvgIpc) is 1.12. The minimum absolute atomic E-state index is 0. The summed E-state index contributed by atoms with van der Waals surface area (Å²) < 4.78 is 63.2. The number of hydrogen-bond donors (Lipinski definition) is 4. The van der Waals surface area contributed by atoms with Crippen LogP contribution < -0.4 is 51.4 Å². The zero-order valence-electron chi connectivity index (χ0n) is 6.57. The Hall–Kier alpha value is 1.88. The summed E-state index contributed by atoms with van der Waals surface area (Å²) in [5.74, 6) is 0. The van der Waals surface area contributed by atoms with E-state index in [1.807, 2.05) is 0 Å². The molecule has 8 nitrogen and oxygen atoms in total. The van der Waals surface area contributed by atoms with Crippen molar-refractivity contribution in [3.05, 3.63) is 0 Å². The van der Waals surface area contributed by atoms with E-state index in [2.05, 4.69) is 0 Å². The van der Waals surface area contributed by atoms with Gasteiger partial charge in [0.1, 0.15) is 0 Å². The Labute approximate surface area is 123 Å². The second-order valence-electron chi connectivity index (χ2n) is 0.896. The van der Waals surface area contributed by atoms with Crippen molar-refractivity contribution < 1.29 is 105 Å². The Morgan fingerprint density at radius 2 is 0.750 bits per heavy atom. The normalized spacial score (nSPS) is 9.67. The van der Waals surface area contributed by atoms with Crippen molar-refractivity contribution in [2.75, 3.05) is 0 Å². The van der Waals surface area contributed by atoms with E-state index >= 15 is 0 Å². The molecule has 0 aliphatic rings. The van der Waals surface area contributed by atoms with Crippen LogP contribution in [-0.4, -0.2) is 35.0 Å². The van der Waals surface area contributed by atoms with E-state index in [1.165, 1.54) is 0 Å². The van der Waals surface area contributed by atoms with Gasteiger partial charge >= 0.3 is 72.2 Å². The molecule has 0 bridgehead atoms. The first-order valence-electron chi connectivity index (χ1n) is 1.40. The Bertz CT molecular complexity index is 219. The van der Waals surface area contributed by atoms with Crippen molar-refractivity contribution >= 4 is 20.8 Å². The van der Waals surface area contributed by atoms with Crippen LogP contribution in [0.5, 0.6) is 0 Å². The fourth-order valence-corrected chi connectivity index (χ4v) is 0. The van der Waals surface area contributed by atoms with Gasteiger partial charge in [0.05, 0.1) is 0 Å². The van der Waals surface area contributed by atoms with Crippen LogP contribution in [0.3, 0.4) is 0 Å². The molecule has 0 atom stereocenters. The van der Waals surface area contributed by atoms with Gasteiger partial charge in [0.25, 0.3) is 0 Å². The zero-order chi connectivity index (χ0) is 9.00. The van der Waals surface area contributed by atoms with Gasteiger partial charge in [-0.3, -0.25) is 18.2 Å². The smallest absolute Gasteiger partial charge is 1.00 e. The third-order valence-electron chi connectivity index (χ3n) is 0. The Morgan fingerprint density at radius 3 is 0.750 bits per heavy atom. The molecule has 0 spiro atoms. The van der Waals surface area contributed by atoms with E-state index in [0.717, 1.165) is 0 Å². The van der Waals surface area contributed by atoms with Gasteiger partial charge in [-0.1, -0.05) is 0 Å². The third-order valence-corrected chi connectivity index (χ3v) is 0. The summed E-state index contributed by atoms with van der Waals surface area (Å²) in [5.41, 5.74) is 0. The van der Waals surface area contributed by atoms with E-state index < -0.39 is 20.8 Å². The van der Waals surface area contributed by atoms with Crippen molar-refractivity contribution in [3.8, 4) is 0 Å². The van der Waals surface area contributed by atoms with Crippen LogP contribution >= 0.6 is 0 Å². The summed E-state index contributed by atoms with van der Waals surface area (Å²) in [7, 11) is -9.33. The van der Waals surface area contributed by atoms with E-state index in [1.54, 1.807) is 0 Å². The molecule has 75 valence electrons. The van der Waals surface area contributed by atoms with Crippen LogP contribution in [0, 0.1) is 0 Å². The molecule has 0 heterocycles. The topological polar surface area (TPSA) is 149 Å². The Morgan fingerprint density at radius 1 is 0.750 bits per heavy atom. The Kier molecular flexibility index (Phi) is 18.6. The molecule has 0 aromatic rings. The van der Waals surface area contributed by atoms with Crippen LogP contribution in [0.2, 0.25) is 0 Å². The zero-order valence-corrected chi connectivity index (χ0v) is 11.4. The maximum absolute atomic E-state index is 8.74. The van der Waals surface area contributed by atoms with Crippen molar-refractivity contribution in [1.82, 2.24) is 0 Å². The first-order chi connectivity index (χ1) is 4.00. The van der Waals surface area contributed by atoms with Crippen molar-refractivity contribution in [2.45, 2.75) is 0 Å². The van der Waals surface area contributed by atoms with Gasteiger partial charge in [-0.05, 0) is 0 Å². The van der Waals surface area contributed by atoms with Gasteiger partial charge in [-0.2, -0.15) is 16.8 Å². The fraction of sp³-hybridized carbons (Fsp3) is 0. The van der Waals surface area contributed by atoms with Crippen LogP contribution in [0.15, 0.2) is 0 Å². The van der Waals surface area contributed by atoms with Crippen molar-refractivity contribution in [2.24, 2.45) is 0 Å². The maximum Gasteiger partial charge on any atom is 1.00 e. The molecular formula is H5CoKO8S2. The van der Waals surface area contributed by atoms with Crippen LogP contribution in [-0.2, 0) is 37.6 Å². The molecule has 0 unspecified atom stereocenters. The van der Waals surface area contributed by atoms with Crippen LogP contribution in [0.25, 0.3) is 0 Å². The van der Waals surface area contributed by atoms with Gasteiger partial charge in [0.2, 0.25) is 0 Å². The number of hydrogen-bond acceptors (Lipinski definition) is 4. The average molecular weight is 295 g/mol. The third kappa shape index (κ3) is 397. The van der Waals surface area contributed by atoms with Gasteiger partial charge in [-0.15, -0.1) is 0 Å². The summed E-state index contributed by atoms with van der Waals surface area (Å²) in [5, 5.41) is 0. The van der Waals surface area contributed by atoms with E-state index in [-0.39, 0.29) is 69.6 Å². The molecule has 12 heavy (non-hydrogen) atoms. The molecule has 0 aromatic carbocycles. The summed E-state index contributed by atoms with van der Waals surface area (Å²) in [6.45, 7) is 0. The van der Waals surface area contributed by atoms with Crippen molar-refractivity contribution in [3.63, 3.8) is 0 Å². The van der Waals surface area contributed by atoms with Gasteiger partial charge in [0.15, 0.2) is 0 Å². The molecule has 1 radical (unpaired) electrons. The maximum atomic E-state index is 8.74. The van der Waals surface area contributed by atoms with Gasteiger partial charge < -0.3 is 1.43 Å². The summed E-state index contributed by atoms with van der Waals surface area (Å²) >= 11 is 0. The molecule has 0 aliphatic carbocycles. The second-order valence-corrected chi connectivity index (χ2v) is 2.69. The van der Waals surface area contributed by atoms with Crippen LogP contribution in [0.1, 0.15) is 1.43 Å². The molecule has 0 aliphatic heterocycles. The molecular weight excluding hydrogens is 290 g/mol. The molecule has 4 N–H and O–H groups in total.